The van der Waals surface area contributed by atoms with Crippen molar-refractivity contribution in [2.45, 2.75) is 13.8 Å². The Balaban J connectivity index is 2.29. The summed E-state index contributed by atoms with van der Waals surface area (Å²) in [5.41, 5.74) is 7.92. The summed E-state index contributed by atoms with van der Waals surface area (Å²) in [5.74, 6) is -0.283. The molecule has 0 spiro atoms. The SMILES string of the molecule is Cc1ccc(/C(N)=N/O)cc1NC(=O)c1ocnc1C. The van der Waals surface area contributed by atoms with E-state index in [1.807, 2.05) is 6.92 Å². The van der Waals surface area contributed by atoms with Crippen LogP contribution in [-0.4, -0.2) is 21.9 Å². The lowest BCUT2D eigenvalue weighted by atomic mass is 10.1. The monoisotopic (exact) mass is 274 g/mol. The van der Waals surface area contributed by atoms with Gasteiger partial charge in [-0.15, -0.1) is 0 Å². The Morgan fingerprint density at radius 3 is 2.80 bits per heavy atom. The summed E-state index contributed by atoms with van der Waals surface area (Å²) in [6.45, 7) is 3.51. The van der Waals surface area contributed by atoms with E-state index >= 15 is 0 Å². The van der Waals surface area contributed by atoms with E-state index in [1.165, 1.54) is 6.39 Å². The Morgan fingerprint density at radius 1 is 1.45 bits per heavy atom. The number of amides is 1. The largest absolute Gasteiger partial charge is 0.438 e. The number of oxazole rings is 1. The molecule has 20 heavy (non-hydrogen) atoms. The lowest BCUT2D eigenvalue weighted by molar-refractivity contribution is 0.0996. The molecule has 1 aromatic carbocycles. The van der Waals surface area contributed by atoms with Crippen LogP contribution < -0.4 is 11.1 Å². The lowest BCUT2D eigenvalue weighted by Gasteiger charge is -2.09. The molecule has 104 valence electrons. The number of hydrogen-bond donors (Lipinski definition) is 3. The van der Waals surface area contributed by atoms with Gasteiger partial charge in [0.05, 0.1) is 5.69 Å². The zero-order chi connectivity index (χ0) is 14.7. The smallest absolute Gasteiger partial charge is 0.293 e. The second kappa shape index (κ2) is 5.43. The van der Waals surface area contributed by atoms with Gasteiger partial charge in [0.2, 0.25) is 5.76 Å². The first kappa shape index (κ1) is 13.6. The molecule has 7 heteroatoms. The second-order valence-electron chi connectivity index (χ2n) is 4.24. The van der Waals surface area contributed by atoms with Crippen LogP contribution in [-0.2, 0) is 0 Å². The molecule has 1 heterocycles. The van der Waals surface area contributed by atoms with E-state index < -0.39 is 5.91 Å². The number of oxime groups is 1. The Kier molecular flexibility index (Phi) is 3.69. The maximum Gasteiger partial charge on any atom is 0.293 e. The molecule has 7 nitrogen and oxygen atoms in total. The quantitative estimate of drug-likeness (QED) is 0.341. The van der Waals surface area contributed by atoms with Crippen molar-refractivity contribution in [2.75, 3.05) is 5.32 Å². The molecule has 2 aromatic rings. The Morgan fingerprint density at radius 2 is 2.20 bits per heavy atom. The standard InChI is InChI=1S/C13H14N4O3/c1-7-3-4-9(12(14)17-19)5-10(7)16-13(18)11-8(2)15-6-20-11/h3-6,19H,1-2H3,(H2,14,17)(H,16,18). The molecular formula is C13H14N4O3. The summed E-state index contributed by atoms with van der Waals surface area (Å²) in [7, 11) is 0. The molecule has 0 aliphatic carbocycles. The van der Waals surface area contributed by atoms with E-state index in [4.69, 9.17) is 15.4 Å². The highest BCUT2D eigenvalue weighted by Gasteiger charge is 2.15. The number of carbonyl (C=O) groups is 1. The molecule has 0 aliphatic heterocycles. The third-order valence-corrected chi connectivity index (χ3v) is 2.84. The Labute approximate surface area is 115 Å². The van der Waals surface area contributed by atoms with Crippen molar-refractivity contribution >= 4 is 17.4 Å². The van der Waals surface area contributed by atoms with Crippen LogP contribution in [0.2, 0.25) is 0 Å². The van der Waals surface area contributed by atoms with Crippen molar-refractivity contribution < 1.29 is 14.4 Å². The molecule has 1 amide bonds. The third kappa shape index (κ3) is 2.61. The summed E-state index contributed by atoms with van der Waals surface area (Å²) in [6, 6.07) is 5.07. The average Bonchev–Trinajstić information content (AvgIpc) is 2.86. The van der Waals surface area contributed by atoms with Crippen molar-refractivity contribution in [1.82, 2.24) is 4.98 Å². The van der Waals surface area contributed by atoms with Crippen LogP contribution >= 0.6 is 0 Å². The summed E-state index contributed by atoms with van der Waals surface area (Å²) >= 11 is 0. The summed E-state index contributed by atoms with van der Waals surface area (Å²) < 4.78 is 5.03. The van der Waals surface area contributed by atoms with Gasteiger partial charge in [-0.2, -0.15) is 0 Å². The van der Waals surface area contributed by atoms with Gasteiger partial charge >= 0.3 is 0 Å². The number of nitrogens with zero attached hydrogens (tertiary/aromatic N) is 2. The summed E-state index contributed by atoms with van der Waals surface area (Å²) in [4.78, 5) is 15.9. The van der Waals surface area contributed by atoms with Crippen LogP contribution in [0, 0.1) is 13.8 Å². The van der Waals surface area contributed by atoms with Crippen molar-refractivity contribution in [3.63, 3.8) is 0 Å². The Bertz CT molecular complexity index is 676. The van der Waals surface area contributed by atoms with E-state index in [2.05, 4.69) is 15.5 Å². The fraction of sp³-hybridized carbons (Fsp3) is 0.154. The predicted octanol–water partition coefficient (Wildman–Crippen LogP) is 1.64. The van der Waals surface area contributed by atoms with Gasteiger partial charge < -0.3 is 20.7 Å². The molecule has 0 radical (unpaired) electrons. The minimum absolute atomic E-state index is 0.0312. The highest BCUT2D eigenvalue weighted by Crippen LogP contribution is 2.18. The van der Waals surface area contributed by atoms with Gasteiger partial charge in [-0.05, 0) is 25.5 Å². The number of carbonyl (C=O) groups excluding carboxylic acids is 1. The number of aryl methyl sites for hydroxylation is 2. The molecule has 0 saturated heterocycles. The maximum atomic E-state index is 12.0. The van der Waals surface area contributed by atoms with Gasteiger partial charge in [-0.25, -0.2) is 4.98 Å². The molecule has 0 unspecified atom stereocenters. The number of hydrogen-bond acceptors (Lipinski definition) is 5. The van der Waals surface area contributed by atoms with Crippen molar-refractivity contribution in [1.29, 1.82) is 0 Å². The first-order chi connectivity index (χ1) is 9.52. The van der Waals surface area contributed by atoms with E-state index in [0.717, 1.165) is 5.56 Å². The third-order valence-electron chi connectivity index (χ3n) is 2.84. The average molecular weight is 274 g/mol. The van der Waals surface area contributed by atoms with Gasteiger partial charge in [-0.3, -0.25) is 4.79 Å². The van der Waals surface area contributed by atoms with Crippen LogP contribution in [0.25, 0.3) is 0 Å². The van der Waals surface area contributed by atoms with Crippen LogP contribution in [0.5, 0.6) is 0 Å². The number of nitrogens with one attached hydrogen (secondary N) is 1. The molecule has 2 rings (SSSR count). The second-order valence-corrected chi connectivity index (χ2v) is 4.24. The van der Waals surface area contributed by atoms with E-state index in [9.17, 15) is 4.79 Å². The molecule has 0 atom stereocenters. The number of nitrogens with two attached hydrogens (primary N) is 1. The molecule has 1 aromatic heterocycles. The molecular weight excluding hydrogens is 260 g/mol. The number of amidine groups is 1. The predicted molar refractivity (Wildman–Crippen MR) is 72.9 cm³/mol. The molecule has 0 aliphatic rings. The highest BCUT2D eigenvalue weighted by atomic mass is 16.4. The number of rotatable bonds is 3. The van der Waals surface area contributed by atoms with Gasteiger partial charge in [-0.1, -0.05) is 17.3 Å². The first-order valence-electron chi connectivity index (χ1n) is 5.83. The van der Waals surface area contributed by atoms with Crippen LogP contribution in [0.3, 0.4) is 0 Å². The van der Waals surface area contributed by atoms with Crippen LogP contribution in [0.4, 0.5) is 5.69 Å². The lowest BCUT2D eigenvalue weighted by Crippen LogP contribution is -2.16. The minimum atomic E-state index is -0.403. The maximum absolute atomic E-state index is 12.0. The fourth-order valence-corrected chi connectivity index (χ4v) is 1.67. The summed E-state index contributed by atoms with van der Waals surface area (Å²) in [5, 5.41) is 14.3. The van der Waals surface area contributed by atoms with Crippen LogP contribution in [0.1, 0.15) is 27.4 Å². The molecule has 0 fully saturated rings. The van der Waals surface area contributed by atoms with Gasteiger partial charge in [0, 0.05) is 11.3 Å². The zero-order valence-electron chi connectivity index (χ0n) is 11.0. The topological polar surface area (TPSA) is 114 Å². The van der Waals surface area contributed by atoms with Crippen LogP contribution in [0.15, 0.2) is 34.2 Å². The number of anilines is 1. The van der Waals surface area contributed by atoms with Gasteiger partial charge in [0.1, 0.15) is 0 Å². The normalized spacial score (nSPS) is 11.4. The molecule has 0 saturated carbocycles. The number of benzene rings is 1. The Hall–Kier alpha value is -2.83. The fourth-order valence-electron chi connectivity index (χ4n) is 1.67. The van der Waals surface area contributed by atoms with E-state index in [0.29, 0.717) is 16.9 Å². The molecule has 4 N–H and O–H groups in total. The van der Waals surface area contributed by atoms with E-state index in [1.54, 1.807) is 25.1 Å². The van der Waals surface area contributed by atoms with Gasteiger partial charge in [0.15, 0.2) is 12.2 Å². The van der Waals surface area contributed by atoms with Gasteiger partial charge in [0.25, 0.3) is 5.91 Å². The highest BCUT2D eigenvalue weighted by molar-refractivity contribution is 6.04. The molecule has 0 bridgehead atoms. The minimum Gasteiger partial charge on any atom is -0.438 e. The summed E-state index contributed by atoms with van der Waals surface area (Å²) in [6.07, 6.45) is 1.21. The zero-order valence-corrected chi connectivity index (χ0v) is 11.0. The van der Waals surface area contributed by atoms with E-state index in [-0.39, 0.29) is 11.6 Å². The first-order valence-corrected chi connectivity index (χ1v) is 5.83. The number of aromatic nitrogens is 1. The van der Waals surface area contributed by atoms with Crippen molar-refractivity contribution in [3.05, 3.63) is 47.2 Å². The van der Waals surface area contributed by atoms with Crippen molar-refractivity contribution in [3.8, 4) is 0 Å². The van der Waals surface area contributed by atoms with Crippen molar-refractivity contribution in [2.24, 2.45) is 10.9 Å².